The second-order valence-electron chi connectivity index (χ2n) is 29.5. The lowest BCUT2D eigenvalue weighted by molar-refractivity contribution is 0.224. The van der Waals surface area contributed by atoms with Crippen molar-refractivity contribution in [2.45, 2.75) is 182 Å². The monoisotopic (exact) mass is 1530 g/mol. The maximum absolute atomic E-state index is 12.8. The molecule has 10 nitrogen and oxygen atoms in total. The maximum atomic E-state index is 12.8. The molecular formula is C94H100B2Cl4N8O2. The fraction of sp³-hybridized carbons (Fsp3) is 0.340. The fourth-order valence-electron chi connectivity index (χ4n) is 15.8. The van der Waals surface area contributed by atoms with Gasteiger partial charge in [-0.3, -0.25) is 15.0 Å². The summed E-state index contributed by atoms with van der Waals surface area (Å²) < 4.78 is 18.7. The Labute approximate surface area is 672 Å². The summed E-state index contributed by atoms with van der Waals surface area (Å²) in [5, 5.41) is 16.4. The van der Waals surface area contributed by atoms with Crippen molar-refractivity contribution >= 4 is 126 Å². The quantitative estimate of drug-likeness (QED) is 0.0214. The van der Waals surface area contributed by atoms with Crippen LogP contribution in [0.3, 0.4) is 0 Å². The van der Waals surface area contributed by atoms with Crippen LogP contribution in [0.1, 0.15) is 193 Å². The molecule has 110 heavy (non-hydrogen) atoms. The van der Waals surface area contributed by atoms with Gasteiger partial charge >= 0.3 is 13.7 Å². The van der Waals surface area contributed by atoms with E-state index in [4.69, 9.17) is 80.7 Å². The van der Waals surface area contributed by atoms with Gasteiger partial charge in [-0.2, -0.15) is 5.26 Å². The molecule has 0 fully saturated rings. The van der Waals surface area contributed by atoms with Crippen molar-refractivity contribution in [2.24, 2.45) is 11.8 Å². The van der Waals surface area contributed by atoms with Crippen LogP contribution in [0, 0.1) is 29.7 Å². The number of ether oxygens (including phenoxy) is 2. The van der Waals surface area contributed by atoms with Gasteiger partial charge in [-0.1, -0.05) is 346 Å². The molecule has 2 atom stereocenters. The molecule has 0 amide bonds. The highest BCUT2D eigenvalue weighted by molar-refractivity contribution is 6.85. The number of rotatable bonds is 40. The van der Waals surface area contributed by atoms with Crippen LogP contribution >= 0.6 is 46.4 Å². The van der Waals surface area contributed by atoms with Crippen molar-refractivity contribution in [3.05, 3.63) is 260 Å². The van der Waals surface area contributed by atoms with Crippen LogP contribution in [-0.2, 0) is 0 Å². The number of benzene rings is 8. The minimum absolute atomic E-state index is 0.195. The minimum atomic E-state index is -0.648. The van der Waals surface area contributed by atoms with E-state index < -0.39 is 13.7 Å². The summed E-state index contributed by atoms with van der Waals surface area (Å²) in [7, 11) is 0. The van der Waals surface area contributed by atoms with E-state index in [0.29, 0.717) is 111 Å². The van der Waals surface area contributed by atoms with E-state index in [1.807, 2.05) is 24.3 Å². The fourth-order valence-corrected chi connectivity index (χ4v) is 16.4. The van der Waals surface area contributed by atoms with Crippen LogP contribution in [0.25, 0.3) is 71.5 Å². The third-order valence-corrected chi connectivity index (χ3v) is 23.0. The Balaban J connectivity index is 1.23. The van der Waals surface area contributed by atoms with Gasteiger partial charge in [0.2, 0.25) is 5.70 Å². The molecule has 562 valence electrons. The van der Waals surface area contributed by atoms with Crippen LogP contribution in [0.5, 0.6) is 11.5 Å². The van der Waals surface area contributed by atoms with Gasteiger partial charge in [0.1, 0.15) is 28.8 Å². The summed E-state index contributed by atoms with van der Waals surface area (Å²) in [6.07, 6.45) is 32.4. The normalized spacial score (nSPS) is 12.6. The van der Waals surface area contributed by atoms with Gasteiger partial charge in [-0.05, 0) is 121 Å². The van der Waals surface area contributed by atoms with Crippen LogP contribution in [0.4, 0.5) is 0 Å². The van der Waals surface area contributed by atoms with E-state index in [1.54, 1.807) is 36.7 Å². The summed E-state index contributed by atoms with van der Waals surface area (Å²) in [5.74, 6) is 2.31. The number of hydrogen-bond donors (Lipinski definition) is 0. The molecule has 16 heteroatoms. The minimum Gasteiger partial charge on any atom is -0.493 e. The number of fused-ring (bicyclic) bond motifs is 3. The summed E-state index contributed by atoms with van der Waals surface area (Å²) in [5.41, 5.74) is 9.68. The van der Waals surface area contributed by atoms with Gasteiger partial charge in [0.15, 0.2) is 0 Å². The SMILES string of the molecule is [C-]#[N+]/C(c1cnc2cc(Cl)c(Cl)cc2n1)=c1\c2c(-c3ccc(OCC(CCCCCC)CCCCCCCC)cc3)n(B(c3ccccc3)c3ccccc3)/c(=C(/C#N)c3cnc4cc(Cl)c(Cl)cc4n3)c2c(-c2ccc(OCC(CCCCCC)CCCCCCCC)cc2)n1B(c1ccccc1)c1ccccc1. The van der Waals surface area contributed by atoms with Crippen molar-refractivity contribution < 1.29 is 9.47 Å². The standard InChI is InChI=1S/C94H100B2Cl4N8O2/c1-6-10-14-18-20-28-40-67(38-26-16-12-8-3)65-109-75-54-50-69(51-55-75)91-88-89(94(90(102-5)87-64-104-83-59-79(98)81(100)61-85(83)106-87)108(91)96(73-46-34-24-35-47-73)74-48-36-25-37-49-74)92(70-52-56-76(57-53-70)110-66-68(39-27-17-13-9-4)41-29-21-19-15-11-7-2)107(95(71-42-30-22-31-43-71)72-44-32-23-33-45-72)93(88)77(62-101)86-63-103-82-58-78(97)80(99)60-84(82)105-86/h22-25,30-37,42-61,63-64,67-68H,6-21,26-29,38-41,65-66H2,1-4H3/b93-77-,94-90+. The summed E-state index contributed by atoms with van der Waals surface area (Å²) in [4.78, 5) is 25.6. The zero-order valence-electron chi connectivity index (χ0n) is 64.2. The van der Waals surface area contributed by atoms with Crippen LogP contribution < -0.4 is 42.0 Å². The number of nitriles is 1. The molecule has 2 unspecified atom stereocenters. The van der Waals surface area contributed by atoms with Crippen LogP contribution in [0.2, 0.25) is 20.1 Å². The number of nitrogens with zero attached hydrogens (tertiary/aromatic N) is 8. The first kappa shape index (κ1) is 80.4. The summed E-state index contributed by atoms with van der Waals surface area (Å²) in [6.45, 7) is 18.9. The Hall–Kier alpha value is -9.13. The average Bonchev–Trinajstić information content (AvgIpc) is 1.52. The van der Waals surface area contributed by atoms with E-state index in [9.17, 15) is 11.8 Å². The largest absolute Gasteiger partial charge is 0.493 e. The first-order valence-electron chi connectivity index (χ1n) is 40.3. The zero-order valence-corrected chi connectivity index (χ0v) is 67.3. The molecular weight excluding hydrogens is 1440 g/mol. The lowest BCUT2D eigenvalue weighted by atomic mass is 9.50. The number of hydrogen-bond acceptors (Lipinski definition) is 7. The van der Waals surface area contributed by atoms with Gasteiger partial charge in [0.25, 0.3) is 0 Å². The smallest absolute Gasteiger partial charge is 0.328 e. The van der Waals surface area contributed by atoms with E-state index in [1.165, 1.54) is 128 Å². The lowest BCUT2D eigenvalue weighted by Crippen LogP contribution is -2.54. The second kappa shape index (κ2) is 40.7. The third-order valence-electron chi connectivity index (χ3n) is 21.6. The molecule has 8 aromatic carbocycles. The Bertz CT molecular complexity index is 4800. The first-order valence-corrected chi connectivity index (χ1v) is 41.8. The van der Waals surface area contributed by atoms with Crippen molar-refractivity contribution in [3.63, 3.8) is 0 Å². The predicted octanol–water partition coefficient (Wildman–Crippen LogP) is 22.8. The second-order valence-corrected chi connectivity index (χ2v) is 31.1. The van der Waals surface area contributed by atoms with Crippen molar-refractivity contribution in [1.29, 1.82) is 5.26 Å². The third kappa shape index (κ3) is 19.8. The first-order chi connectivity index (χ1) is 54.0. The van der Waals surface area contributed by atoms with Crippen molar-refractivity contribution in [1.82, 2.24) is 28.9 Å². The Morgan fingerprint density at radius 2 is 0.736 bits per heavy atom. The highest BCUT2D eigenvalue weighted by Crippen LogP contribution is 2.39. The van der Waals surface area contributed by atoms with Gasteiger partial charge in [0, 0.05) is 33.7 Å². The van der Waals surface area contributed by atoms with Crippen LogP contribution in [0.15, 0.2) is 207 Å². The topological polar surface area (TPSA) is 108 Å². The van der Waals surface area contributed by atoms with Crippen molar-refractivity contribution in [3.8, 4) is 40.1 Å². The Morgan fingerprint density at radius 1 is 0.418 bits per heavy atom. The molecule has 12 aromatic rings. The average molecular weight is 1540 g/mol. The molecule has 0 bridgehead atoms. The Kier molecular flexibility index (Phi) is 29.7. The molecule has 0 aliphatic carbocycles. The van der Waals surface area contributed by atoms with Gasteiger partial charge in [-0.15, -0.1) is 0 Å². The Morgan fingerprint density at radius 3 is 1.10 bits per heavy atom. The van der Waals surface area contributed by atoms with Crippen LogP contribution in [-0.4, -0.2) is 55.8 Å². The van der Waals surface area contributed by atoms with E-state index >= 15 is 0 Å². The highest BCUT2D eigenvalue weighted by Gasteiger charge is 2.38. The molecule has 4 heterocycles. The molecule has 0 saturated heterocycles. The van der Waals surface area contributed by atoms with Crippen molar-refractivity contribution in [2.75, 3.05) is 13.2 Å². The number of halogens is 4. The predicted molar refractivity (Wildman–Crippen MR) is 464 cm³/mol. The molecule has 0 N–H and O–H groups in total. The number of unbranched alkanes of at least 4 members (excludes halogenated alkanes) is 16. The number of aromatic nitrogens is 6. The maximum Gasteiger partial charge on any atom is 0.328 e. The summed E-state index contributed by atoms with van der Waals surface area (Å²) in [6, 6.07) is 68.4. The molecule has 12 rings (SSSR count). The molecule has 0 radical (unpaired) electrons. The van der Waals surface area contributed by atoms with Gasteiger partial charge in [0.05, 0.1) is 79.2 Å². The molecule has 0 aliphatic rings. The van der Waals surface area contributed by atoms with E-state index in [-0.39, 0.29) is 11.3 Å². The molecule has 4 aromatic heterocycles. The zero-order chi connectivity index (χ0) is 76.6. The molecule has 0 aliphatic heterocycles. The van der Waals surface area contributed by atoms with E-state index in [0.717, 1.165) is 70.2 Å². The molecule has 0 spiro atoms. The highest BCUT2D eigenvalue weighted by atomic mass is 35.5. The lowest BCUT2D eigenvalue weighted by Gasteiger charge is -2.25. The van der Waals surface area contributed by atoms with E-state index in [2.05, 4.69) is 188 Å². The molecule has 0 saturated carbocycles. The van der Waals surface area contributed by atoms with Gasteiger partial charge < -0.3 is 18.4 Å². The summed E-state index contributed by atoms with van der Waals surface area (Å²) >= 11 is 27.2. The van der Waals surface area contributed by atoms with Gasteiger partial charge in [-0.25, -0.2) is 9.83 Å².